The van der Waals surface area contributed by atoms with Gasteiger partial charge in [0.15, 0.2) is 0 Å². The van der Waals surface area contributed by atoms with Crippen molar-refractivity contribution in [3.8, 4) is 0 Å². The van der Waals surface area contributed by atoms with Gasteiger partial charge >= 0.3 is 0 Å². The Hall–Kier alpha value is -3.80. The van der Waals surface area contributed by atoms with Crippen LogP contribution in [0.25, 0.3) is 11.0 Å². The smallest absolute Gasteiger partial charge is 0.265 e. The number of carbonyl (C=O) groups is 1. The van der Waals surface area contributed by atoms with Crippen LogP contribution in [0.3, 0.4) is 0 Å². The number of halogens is 1. The summed E-state index contributed by atoms with van der Waals surface area (Å²) in [5.74, 6) is -0.832. The summed E-state index contributed by atoms with van der Waals surface area (Å²) in [6.07, 6.45) is 1.60. The molecule has 150 valence electrons. The first-order valence-electron chi connectivity index (χ1n) is 9.54. The van der Waals surface area contributed by atoms with Crippen molar-refractivity contribution in [2.75, 3.05) is 5.32 Å². The second-order valence-electron chi connectivity index (χ2n) is 7.26. The number of nitrogens with zero attached hydrogens (tertiary/aromatic N) is 2. The zero-order valence-corrected chi connectivity index (χ0v) is 16.6. The Bertz CT molecular complexity index is 1310. The Morgan fingerprint density at radius 3 is 2.57 bits per heavy atom. The Kier molecular flexibility index (Phi) is 5.14. The second kappa shape index (κ2) is 7.91. The fraction of sp³-hybridized carbons (Fsp3) is 0.125. The third-order valence-corrected chi connectivity index (χ3v) is 4.98. The molecule has 0 aliphatic rings. The molecule has 0 aliphatic heterocycles. The molecule has 2 aromatic carbocycles. The molecule has 1 N–H and O–H groups in total. The van der Waals surface area contributed by atoms with Crippen LogP contribution in [0.15, 0.2) is 71.7 Å². The quantitative estimate of drug-likeness (QED) is 0.549. The van der Waals surface area contributed by atoms with Gasteiger partial charge in [0.2, 0.25) is 0 Å². The first kappa shape index (κ1) is 19.5. The van der Waals surface area contributed by atoms with E-state index < -0.39 is 11.5 Å². The van der Waals surface area contributed by atoms with E-state index in [1.807, 2.05) is 32.0 Å². The van der Waals surface area contributed by atoms with Crippen LogP contribution in [-0.4, -0.2) is 15.5 Å². The van der Waals surface area contributed by atoms with Crippen molar-refractivity contribution in [3.63, 3.8) is 0 Å². The highest BCUT2D eigenvalue weighted by Gasteiger charge is 2.17. The second-order valence-corrected chi connectivity index (χ2v) is 7.26. The Morgan fingerprint density at radius 2 is 1.83 bits per heavy atom. The lowest BCUT2D eigenvalue weighted by atomic mass is 10.1. The topological polar surface area (TPSA) is 64.0 Å². The summed E-state index contributed by atoms with van der Waals surface area (Å²) in [5, 5.41) is 3.51. The van der Waals surface area contributed by atoms with Gasteiger partial charge in [-0.1, -0.05) is 29.8 Å². The fourth-order valence-electron chi connectivity index (χ4n) is 3.43. The molecule has 0 saturated heterocycles. The van der Waals surface area contributed by atoms with Crippen LogP contribution in [-0.2, 0) is 6.54 Å². The first-order valence-corrected chi connectivity index (χ1v) is 9.54. The molecule has 0 spiro atoms. The van der Waals surface area contributed by atoms with Crippen molar-refractivity contribution < 1.29 is 9.18 Å². The van der Waals surface area contributed by atoms with E-state index in [2.05, 4.69) is 10.3 Å². The van der Waals surface area contributed by atoms with Gasteiger partial charge < -0.3 is 5.32 Å². The van der Waals surface area contributed by atoms with Crippen molar-refractivity contribution in [1.29, 1.82) is 0 Å². The Labute approximate surface area is 172 Å². The summed E-state index contributed by atoms with van der Waals surface area (Å²) in [5.41, 5.74) is 3.43. The lowest BCUT2D eigenvalue weighted by Crippen LogP contribution is -2.30. The number of rotatable bonds is 4. The van der Waals surface area contributed by atoms with Gasteiger partial charge in [-0.25, -0.2) is 9.37 Å². The summed E-state index contributed by atoms with van der Waals surface area (Å²) in [6, 6.07) is 16.7. The number of pyridine rings is 2. The summed E-state index contributed by atoms with van der Waals surface area (Å²) >= 11 is 0. The molecule has 30 heavy (non-hydrogen) atoms. The monoisotopic (exact) mass is 401 g/mol. The van der Waals surface area contributed by atoms with E-state index in [9.17, 15) is 14.0 Å². The molecule has 2 aromatic heterocycles. The molecule has 2 heterocycles. The number of anilines is 1. The minimum atomic E-state index is -0.481. The maximum atomic E-state index is 13.3. The van der Waals surface area contributed by atoms with Crippen molar-refractivity contribution in [2.24, 2.45) is 0 Å². The number of carbonyl (C=O) groups excluding carboxylic acids is 1. The van der Waals surface area contributed by atoms with Crippen LogP contribution in [0.5, 0.6) is 0 Å². The largest absolute Gasteiger partial charge is 0.322 e. The predicted octanol–water partition coefficient (Wildman–Crippen LogP) is 4.45. The summed E-state index contributed by atoms with van der Waals surface area (Å²) in [7, 11) is 0. The molecular formula is C24H20FN3O2. The number of aryl methyl sites for hydroxylation is 2. The number of amides is 1. The molecule has 0 saturated carbocycles. The fourth-order valence-corrected chi connectivity index (χ4v) is 3.43. The lowest BCUT2D eigenvalue weighted by Gasteiger charge is -2.13. The first-order chi connectivity index (χ1) is 14.4. The summed E-state index contributed by atoms with van der Waals surface area (Å²) in [6.45, 7) is 4.06. The number of hydrogen-bond donors (Lipinski definition) is 1. The van der Waals surface area contributed by atoms with E-state index in [1.54, 1.807) is 36.5 Å². The minimum absolute atomic E-state index is 0.0255. The average molecular weight is 401 g/mol. The van der Waals surface area contributed by atoms with Gasteiger partial charge in [0, 0.05) is 17.3 Å². The molecule has 5 nitrogen and oxygen atoms in total. The molecule has 0 unspecified atom stereocenters. The van der Waals surface area contributed by atoms with Crippen LogP contribution in [0.2, 0.25) is 0 Å². The molecule has 6 heteroatoms. The third kappa shape index (κ3) is 3.85. The minimum Gasteiger partial charge on any atom is -0.322 e. The molecule has 1 amide bonds. The van der Waals surface area contributed by atoms with Gasteiger partial charge in [0.25, 0.3) is 11.5 Å². The molecule has 0 atom stereocenters. The average Bonchev–Trinajstić information content (AvgIpc) is 2.73. The molecule has 4 rings (SSSR count). The van der Waals surface area contributed by atoms with E-state index in [-0.39, 0.29) is 17.9 Å². The van der Waals surface area contributed by atoms with E-state index in [0.29, 0.717) is 16.7 Å². The Morgan fingerprint density at radius 1 is 1.07 bits per heavy atom. The third-order valence-electron chi connectivity index (χ3n) is 4.98. The van der Waals surface area contributed by atoms with Crippen molar-refractivity contribution >= 4 is 22.6 Å². The Balaban J connectivity index is 1.78. The van der Waals surface area contributed by atoms with Gasteiger partial charge in [0.05, 0.1) is 6.54 Å². The standard InChI is InChI=1S/C24H20FN3O2/c1-15-5-10-21(16(2)12-15)27-23(29)20-13-18-4-3-11-26-22(18)28(24(20)30)14-17-6-8-19(25)9-7-17/h3-13H,14H2,1-2H3,(H,27,29). The highest BCUT2D eigenvalue weighted by Crippen LogP contribution is 2.18. The lowest BCUT2D eigenvalue weighted by molar-refractivity contribution is 0.102. The zero-order chi connectivity index (χ0) is 21.3. The van der Waals surface area contributed by atoms with E-state index >= 15 is 0 Å². The number of benzene rings is 2. The molecule has 0 bridgehead atoms. The number of hydrogen-bond acceptors (Lipinski definition) is 3. The summed E-state index contributed by atoms with van der Waals surface area (Å²) < 4.78 is 14.7. The molecule has 0 fully saturated rings. The highest BCUT2D eigenvalue weighted by atomic mass is 19.1. The van der Waals surface area contributed by atoms with Crippen molar-refractivity contribution in [2.45, 2.75) is 20.4 Å². The number of nitrogens with one attached hydrogen (secondary N) is 1. The van der Waals surface area contributed by atoms with Crippen LogP contribution < -0.4 is 10.9 Å². The van der Waals surface area contributed by atoms with Crippen LogP contribution in [0.4, 0.5) is 10.1 Å². The van der Waals surface area contributed by atoms with E-state index in [4.69, 9.17) is 0 Å². The van der Waals surface area contributed by atoms with Crippen molar-refractivity contribution in [3.05, 3.63) is 105 Å². The van der Waals surface area contributed by atoms with Gasteiger partial charge in [-0.15, -0.1) is 0 Å². The van der Waals surface area contributed by atoms with Crippen LogP contribution in [0.1, 0.15) is 27.0 Å². The zero-order valence-electron chi connectivity index (χ0n) is 16.6. The van der Waals surface area contributed by atoms with E-state index in [1.165, 1.54) is 16.7 Å². The van der Waals surface area contributed by atoms with Crippen molar-refractivity contribution in [1.82, 2.24) is 9.55 Å². The van der Waals surface area contributed by atoms with Gasteiger partial charge in [-0.2, -0.15) is 0 Å². The number of fused-ring (bicyclic) bond motifs is 1. The molecular weight excluding hydrogens is 381 g/mol. The predicted molar refractivity (Wildman–Crippen MR) is 115 cm³/mol. The summed E-state index contributed by atoms with van der Waals surface area (Å²) in [4.78, 5) is 30.5. The number of aromatic nitrogens is 2. The normalized spacial score (nSPS) is 10.9. The van der Waals surface area contributed by atoms with Crippen LogP contribution >= 0.6 is 0 Å². The molecule has 0 aliphatic carbocycles. The van der Waals surface area contributed by atoms with Gasteiger partial charge in [-0.3, -0.25) is 14.2 Å². The highest BCUT2D eigenvalue weighted by molar-refractivity contribution is 6.06. The maximum Gasteiger partial charge on any atom is 0.265 e. The molecule has 0 radical (unpaired) electrons. The van der Waals surface area contributed by atoms with Gasteiger partial charge in [-0.05, 0) is 61.4 Å². The van der Waals surface area contributed by atoms with E-state index in [0.717, 1.165) is 16.7 Å². The van der Waals surface area contributed by atoms with Gasteiger partial charge in [0.1, 0.15) is 17.0 Å². The molecule has 4 aromatic rings. The maximum absolute atomic E-state index is 13.3. The SMILES string of the molecule is Cc1ccc(NC(=O)c2cc3cccnc3n(Cc3ccc(F)cc3)c2=O)c(C)c1. The van der Waals surface area contributed by atoms with Crippen LogP contribution in [0, 0.1) is 19.7 Å².